The minimum atomic E-state index is -0.150. The summed E-state index contributed by atoms with van der Waals surface area (Å²) >= 11 is 12.5. The monoisotopic (exact) mass is 394 g/mol. The Kier molecular flexibility index (Phi) is 3.71. The van der Waals surface area contributed by atoms with Crippen molar-refractivity contribution in [1.29, 1.82) is 0 Å². The molecule has 1 aliphatic heterocycles. The van der Waals surface area contributed by atoms with Gasteiger partial charge in [0.15, 0.2) is 0 Å². The number of rotatable bonds is 3. The summed E-state index contributed by atoms with van der Waals surface area (Å²) in [7, 11) is 0. The molecule has 0 atom stereocenters. The number of benzene rings is 2. The summed E-state index contributed by atoms with van der Waals surface area (Å²) in [5, 5.41) is 1.82. The van der Waals surface area contributed by atoms with Gasteiger partial charge in [-0.1, -0.05) is 41.4 Å². The molecular formula is C21H12Cl2N2O2. The molecule has 0 aliphatic carbocycles. The number of pyridine rings is 1. The second kappa shape index (κ2) is 6.12. The largest absolute Gasteiger partial charge is 0.487 e. The number of carbonyl (C=O) groups is 1. The van der Waals surface area contributed by atoms with Crippen LogP contribution >= 0.6 is 23.2 Å². The molecule has 4 nitrogen and oxygen atoms in total. The van der Waals surface area contributed by atoms with Crippen LogP contribution in [-0.2, 0) is 6.61 Å². The van der Waals surface area contributed by atoms with Crippen molar-refractivity contribution in [2.45, 2.75) is 6.61 Å². The average Bonchev–Trinajstić information content (AvgIpc) is 3.24. The zero-order valence-electron chi connectivity index (χ0n) is 13.9. The van der Waals surface area contributed by atoms with Gasteiger partial charge in [-0.15, -0.1) is 0 Å². The Morgan fingerprint density at radius 2 is 1.74 bits per heavy atom. The number of hydrogen-bond acceptors (Lipinski definition) is 3. The third-order valence-electron chi connectivity index (χ3n) is 4.69. The highest BCUT2D eigenvalue weighted by molar-refractivity contribution is 6.36. The molecule has 4 aromatic rings. The van der Waals surface area contributed by atoms with Crippen LogP contribution in [0, 0.1) is 0 Å². The Balaban J connectivity index is 1.69. The Labute approximate surface area is 164 Å². The molecule has 1 aliphatic rings. The van der Waals surface area contributed by atoms with E-state index in [0.29, 0.717) is 32.6 Å². The van der Waals surface area contributed by atoms with Gasteiger partial charge in [0.1, 0.15) is 23.6 Å². The predicted molar refractivity (Wildman–Crippen MR) is 106 cm³/mol. The second-order valence-corrected chi connectivity index (χ2v) is 7.05. The highest BCUT2D eigenvalue weighted by Gasteiger charge is 2.32. The lowest BCUT2D eigenvalue weighted by molar-refractivity contribution is 0.0965. The summed E-state index contributed by atoms with van der Waals surface area (Å²) in [5.74, 6) is 0.351. The van der Waals surface area contributed by atoms with Crippen LogP contribution in [0.25, 0.3) is 22.3 Å². The predicted octanol–water partition coefficient (Wildman–Crippen LogP) is 5.59. The molecular weight excluding hydrogens is 383 g/mol. The van der Waals surface area contributed by atoms with Crippen LogP contribution in [0.5, 0.6) is 5.75 Å². The third-order valence-corrected chi connectivity index (χ3v) is 5.40. The lowest BCUT2D eigenvalue weighted by atomic mass is 10.1. The van der Waals surface area contributed by atoms with E-state index in [-0.39, 0.29) is 12.5 Å². The van der Waals surface area contributed by atoms with E-state index >= 15 is 0 Å². The first-order chi connectivity index (χ1) is 13.1. The van der Waals surface area contributed by atoms with Gasteiger partial charge in [-0.3, -0.25) is 9.36 Å². The number of aromatic nitrogens is 2. The van der Waals surface area contributed by atoms with Crippen LogP contribution in [0.15, 0.2) is 60.8 Å². The van der Waals surface area contributed by atoms with E-state index in [0.717, 1.165) is 16.6 Å². The average molecular weight is 395 g/mol. The lowest BCUT2D eigenvalue weighted by Crippen LogP contribution is -2.08. The summed E-state index contributed by atoms with van der Waals surface area (Å²) in [6, 6.07) is 16.6. The van der Waals surface area contributed by atoms with E-state index in [1.807, 2.05) is 36.4 Å². The van der Waals surface area contributed by atoms with Crippen molar-refractivity contribution < 1.29 is 9.53 Å². The standard InChI is InChI=1S/C21H12Cl2N2O2/c22-14-6-3-7-15(23)13(14)11-27-20-12-5-1-2-8-16(12)24-19-17-9-4-10-25(17)21(26)18(19)20/h1-10H,11H2. The molecule has 0 radical (unpaired) electrons. The van der Waals surface area contributed by atoms with Gasteiger partial charge in [-0.2, -0.15) is 0 Å². The first-order valence-electron chi connectivity index (χ1n) is 8.36. The van der Waals surface area contributed by atoms with Crippen molar-refractivity contribution in [1.82, 2.24) is 9.55 Å². The molecule has 5 rings (SSSR count). The van der Waals surface area contributed by atoms with Crippen molar-refractivity contribution >= 4 is 40.0 Å². The Morgan fingerprint density at radius 1 is 0.963 bits per heavy atom. The second-order valence-electron chi connectivity index (χ2n) is 6.24. The molecule has 2 aromatic heterocycles. The molecule has 0 saturated heterocycles. The SMILES string of the molecule is O=C1c2c(nc3ccccc3c2OCc2c(Cl)cccc2Cl)-c2cccn21. The molecule has 0 saturated carbocycles. The van der Waals surface area contributed by atoms with Crippen LogP contribution in [-0.4, -0.2) is 15.5 Å². The van der Waals surface area contributed by atoms with Crippen molar-refractivity contribution in [3.05, 3.63) is 82.0 Å². The fourth-order valence-corrected chi connectivity index (χ4v) is 3.91. The summed E-state index contributed by atoms with van der Waals surface area (Å²) in [5.41, 5.74) is 3.30. The maximum Gasteiger partial charge on any atom is 0.268 e. The summed E-state index contributed by atoms with van der Waals surface area (Å²) in [6.07, 6.45) is 1.73. The Morgan fingerprint density at radius 3 is 2.56 bits per heavy atom. The summed E-state index contributed by atoms with van der Waals surface area (Å²) in [4.78, 5) is 17.6. The van der Waals surface area contributed by atoms with Crippen LogP contribution in [0.4, 0.5) is 0 Å². The number of halogens is 2. The van der Waals surface area contributed by atoms with Gasteiger partial charge in [0.25, 0.3) is 5.91 Å². The van der Waals surface area contributed by atoms with Gasteiger partial charge < -0.3 is 4.74 Å². The molecule has 0 amide bonds. The van der Waals surface area contributed by atoms with Crippen LogP contribution in [0.3, 0.4) is 0 Å². The number of ether oxygens (including phenoxy) is 1. The number of para-hydroxylation sites is 1. The normalized spacial score (nSPS) is 12.3. The molecule has 3 heterocycles. The van der Waals surface area contributed by atoms with Gasteiger partial charge >= 0.3 is 0 Å². The topological polar surface area (TPSA) is 44.1 Å². The molecule has 132 valence electrons. The third kappa shape index (κ3) is 2.45. The zero-order valence-corrected chi connectivity index (χ0v) is 15.5. The Bertz CT molecular complexity index is 1210. The molecule has 0 fully saturated rings. The molecule has 0 spiro atoms. The van der Waals surface area contributed by atoms with E-state index in [1.54, 1.807) is 29.0 Å². The van der Waals surface area contributed by atoms with Crippen molar-refractivity contribution in [2.75, 3.05) is 0 Å². The first-order valence-corrected chi connectivity index (χ1v) is 9.11. The quantitative estimate of drug-likeness (QED) is 0.400. The fourth-order valence-electron chi connectivity index (χ4n) is 3.40. The number of hydrogen-bond donors (Lipinski definition) is 0. The van der Waals surface area contributed by atoms with E-state index in [1.165, 1.54) is 0 Å². The van der Waals surface area contributed by atoms with E-state index < -0.39 is 0 Å². The van der Waals surface area contributed by atoms with Gasteiger partial charge in [0, 0.05) is 27.2 Å². The van der Waals surface area contributed by atoms with Crippen LogP contribution < -0.4 is 4.74 Å². The maximum atomic E-state index is 12.9. The molecule has 27 heavy (non-hydrogen) atoms. The van der Waals surface area contributed by atoms with E-state index in [2.05, 4.69) is 0 Å². The maximum absolute atomic E-state index is 12.9. The van der Waals surface area contributed by atoms with E-state index in [9.17, 15) is 4.79 Å². The zero-order chi connectivity index (χ0) is 18.5. The summed E-state index contributed by atoms with van der Waals surface area (Å²) < 4.78 is 7.73. The molecule has 2 aromatic carbocycles. The van der Waals surface area contributed by atoms with Gasteiger partial charge in [-0.25, -0.2) is 4.98 Å². The van der Waals surface area contributed by atoms with Crippen molar-refractivity contribution in [2.24, 2.45) is 0 Å². The van der Waals surface area contributed by atoms with E-state index in [4.69, 9.17) is 32.9 Å². The number of fused-ring (bicyclic) bond motifs is 4. The molecule has 0 unspecified atom stereocenters. The van der Waals surface area contributed by atoms with Gasteiger partial charge in [0.2, 0.25) is 0 Å². The lowest BCUT2D eigenvalue weighted by Gasteiger charge is -2.14. The highest BCUT2D eigenvalue weighted by atomic mass is 35.5. The van der Waals surface area contributed by atoms with Gasteiger partial charge in [0.05, 0.1) is 11.2 Å². The minimum absolute atomic E-state index is 0.150. The summed E-state index contributed by atoms with van der Waals surface area (Å²) in [6.45, 7) is 0.154. The minimum Gasteiger partial charge on any atom is -0.487 e. The van der Waals surface area contributed by atoms with Crippen molar-refractivity contribution in [3.63, 3.8) is 0 Å². The first kappa shape index (κ1) is 16.4. The van der Waals surface area contributed by atoms with Gasteiger partial charge in [-0.05, 0) is 36.4 Å². The van der Waals surface area contributed by atoms with Crippen molar-refractivity contribution in [3.8, 4) is 17.1 Å². The Hall–Kier alpha value is -2.82. The number of nitrogens with zero attached hydrogens (tertiary/aromatic N) is 2. The van der Waals surface area contributed by atoms with Crippen LogP contribution in [0.1, 0.15) is 15.9 Å². The molecule has 0 N–H and O–H groups in total. The highest BCUT2D eigenvalue weighted by Crippen LogP contribution is 2.41. The molecule has 0 bridgehead atoms. The van der Waals surface area contributed by atoms with Crippen LogP contribution in [0.2, 0.25) is 10.0 Å². The smallest absolute Gasteiger partial charge is 0.268 e. The fraction of sp³-hybridized carbons (Fsp3) is 0.0476. The molecule has 6 heteroatoms. The number of carbonyl (C=O) groups excluding carboxylic acids is 1.